The van der Waals surface area contributed by atoms with Crippen LogP contribution in [0.5, 0.6) is 0 Å². The van der Waals surface area contributed by atoms with E-state index in [1.54, 1.807) is 41.6 Å². The third-order valence-electron chi connectivity index (χ3n) is 1.51. The van der Waals surface area contributed by atoms with Crippen molar-refractivity contribution in [3.05, 3.63) is 0 Å². The maximum absolute atomic E-state index is 9.49. The molecule has 7 nitrogen and oxygen atoms in total. The van der Waals surface area contributed by atoms with Gasteiger partial charge in [-0.1, -0.05) is 40.0 Å². The number of hydrogen-bond donors (Lipinski definition) is 0. The average Bonchev–Trinajstić information content (AvgIpc) is 2.40. The van der Waals surface area contributed by atoms with E-state index in [0.717, 1.165) is 6.61 Å². The van der Waals surface area contributed by atoms with Crippen LogP contribution in [0, 0.1) is 0 Å². The van der Waals surface area contributed by atoms with E-state index in [9.17, 15) is 29.7 Å². The van der Waals surface area contributed by atoms with Crippen LogP contribution in [0.2, 0.25) is 0 Å². The van der Waals surface area contributed by atoms with E-state index in [-0.39, 0.29) is 19.3 Å². The summed E-state index contributed by atoms with van der Waals surface area (Å²) < 4.78 is 4.54. The van der Waals surface area contributed by atoms with Gasteiger partial charge in [0.2, 0.25) is 0 Å². The van der Waals surface area contributed by atoms with Crippen LogP contribution >= 0.6 is 0 Å². The number of carboxylic acids is 3. The first-order chi connectivity index (χ1) is 10.2. The van der Waals surface area contributed by atoms with Gasteiger partial charge in [-0.25, -0.2) is 0 Å². The van der Waals surface area contributed by atoms with Gasteiger partial charge in [0.15, 0.2) is 0 Å². The zero-order valence-corrected chi connectivity index (χ0v) is 15.4. The van der Waals surface area contributed by atoms with Crippen molar-refractivity contribution in [1.82, 2.24) is 0 Å². The molecular formula is C14H26O7Ti. The molecule has 0 rings (SSSR count). The second kappa shape index (κ2) is 28.3. The fourth-order valence-electron chi connectivity index (χ4n) is 0.612. The molecule has 0 heterocycles. The van der Waals surface area contributed by atoms with Crippen molar-refractivity contribution in [2.45, 2.75) is 66.2 Å². The van der Waals surface area contributed by atoms with Crippen LogP contribution in [-0.2, 0) is 38.5 Å². The first-order valence-corrected chi connectivity index (χ1v) is 7.74. The molecule has 22 heavy (non-hydrogen) atoms. The van der Waals surface area contributed by atoms with Gasteiger partial charge >= 0.3 is 37.7 Å². The van der Waals surface area contributed by atoms with Crippen LogP contribution in [0.3, 0.4) is 0 Å². The van der Waals surface area contributed by atoms with E-state index in [2.05, 4.69) is 3.32 Å². The molecule has 128 valence electrons. The van der Waals surface area contributed by atoms with Crippen molar-refractivity contribution in [2.24, 2.45) is 0 Å². The van der Waals surface area contributed by atoms with Crippen LogP contribution in [0.1, 0.15) is 66.2 Å². The Morgan fingerprint density at radius 2 is 0.909 bits per heavy atom. The normalized spacial score (nSPS) is 8.09. The Balaban J connectivity index is -0.0000000994. The molecule has 0 saturated heterocycles. The molecule has 0 aromatic heterocycles. The second-order valence-corrected chi connectivity index (χ2v) is 4.25. The molecule has 0 atom stereocenters. The third kappa shape index (κ3) is 75.6. The molecule has 0 aliphatic carbocycles. The molecule has 0 spiro atoms. The van der Waals surface area contributed by atoms with E-state index in [1.807, 2.05) is 6.92 Å². The summed E-state index contributed by atoms with van der Waals surface area (Å²) in [6, 6.07) is 0. The maximum atomic E-state index is 9.49. The molecule has 0 saturated carbocycles. The first kappa shape index (κ1) is 29.1. The van der Waals surface area contributed by atoms with E-state index in [4.69, 9.17) is 0 Å². The van der Waals surface area contributed by atoms with Gasteiger partial charge in [-0.2, -0.15) is 0 Å². The van der Waals surface area contributed by atoms with Gasteiger partial charge in [-0.05, 0) is 19.3 Å². The minimum atomic E-state index is -0.961. The summed E-state index contributed by atoms with van der Waals surface area (Å²) >= 11 is 1.68. The first-order valence-electron chi connectivity index (χ1n) is 7.11. The van der Waals surface area contributed by atoms with Gasteiger partial charge in [0.25, 0.3) is 0 Å². The van der Waals surface area contributed by atoms with Crippen molar-refractivity contribution < 1.29 is 53.8 Å². The quantitative estimate of drug-likeness (QED) is 0.541. The van der Waals surface area contributed by atoms with Crippen molar-refractivity contribution in [3.8, 4) is 0 Å². The van der Waals surface area contributed by atoms with E-state index < -0.39 is 17.9 Å². The molecular weight excluding hydrogens is 328 g/mol. The second-order valence-electron chi connectivity index (χ2n) is 3.80. The molecule has 0 radical (unpaired) electrons. The van der Waals surface area contributed by atoms with Crippen molar-refractivity contribution in [3.63, 3.8) is 0 Å². The van der Waals surface area contributed by atoms with Crippen LogP contribution in [0.25, 0.3) is 0 Å². The van der Waals surface area contributed by atoms with Gasteiger partial charge in [0.05, 0.1) is 0 Å². The van der Waals surface area contributed by atoms with Crippen molar-refractivity contribution >= 4 is 17.9 Å². The Hall–Kier alpha value is -0.916. The average molecular weight is 354 g/mol. The Morgan fingerprint density at radius 3 is 0.909 bits per heavy atom. The van der Waals surface area contributed by atoms with Gasteiger partial charge in [0, 0.05) is 17.9 Å². The minimum absolute atomic E-state index is 0.181. The molecule has 0 aromatic carbocycles. The number of rotatable bonds is 7. The Labute approximate surface area is 144 Å². The predicted molar refractivity (Wildman–Crippen MR) is 71.4 cm³/mol. The molecule has 0 fully saturated rings. The fourth-order valence-corrected chi connectivity index (χ4v) is 0.612. The predicted octanol–water partition coefficient (Wildman–Crippen LogP) is -0.906. The summed E-state index contributed by atoms with van der Waals surface area (Å²) in [5, 5.41) is 28.5. The number of hydrogen-bond acceptors (Lipinski definition) is 7. The number of aliphatic carboxylic acids is 3. The van der Waals surface area contributed by atoms with Crippen molar-refractivity contribution in [2.75, 3.05) is 6.61 Å². The van der Waals surface area contributed by atoms with Crippen LogP contribution in [-0.4, -0.2) is 24.5 Å². The zero-order chi connectivity index (χ0) is 18.4. The standard InChI is InChI=1S/3C4H8O2.C2H5O.Ti/c3*1-2-3-4(5)6;1-2-3;/h3*2-3H2,1H3,(H,5,6);2H2,1H3;/q;;;-1;+4/p-3. The summed E-state index contributed by atoms with van der Waals surface area (Å²) in [5.41, 5.74) is 0. The molecule has 8 heteroatoms. The van der Waals surface area contributed by atoms with Crippen LogP contribution in [0.15, 0.2) is 0 Å². The summed E-state index contributed by atoms with van der Waals surface area (Å²) in [4.78, 5) is 28.5. The van der Waals surface area contributed by atoms with Crippen molar-refractivity contribution in [1.29, 1.82) is 0 Å². The summed E-state index contributed by atoms with van der Waals surface area (Å²) in [5.74, 6) is -2.88. The number of carbonyl (C=O) groups excluding carboxylic acids is 3. The summed E-state index contributed by atoms with van der Waals surface area (Å²) in [7, 11) is 0. The monoisotopic (exact) mass is 354 g/mol. The molecule has 0 aliphatic heterocycles. The topological polar surface area (TPSA) is 130 Å². The number of carbonyl (C=O) groups is 3. The Kier molecular flexibility index (Phi) is 37.5. The zero-order valence-electron chi connectivity index (χ0n) is 13.8. The molecule has 0 aliphatic rings. The van der Waals surface area contributed by atoms with Gasteiger partial charge in [-0.15, -0.1) is 0 Å². The molecule has 0 unspecified atom stereocenters. The summed E-state index contributed by atoms with van der Waals surface area (Å²) in [6.07, 6.45) is 2.55. The molecule has 0 bridgehead atoms. The van der Waals surface area contributed by atoms with E-state index in [1.165, 1.54) is 0 Å². The SMILES string of the molecule is CCCC(=O)[O-].CCCC(=O)[O-].CCCC(=O)[O-].CC[O][Ti+3]. The van der Waals surface area contributed by atoms with E-state index in [0.29, 0.717) is 19.3 Å². The van der Waals surface area contributed by atoms with Crippen LogP contribution < -0.4 is 15.3 Å². The fraction of sp³-hybridized carbons (Fsp3) is 0.786. The Morgan fingerprint density at radius 1 is 0.727 bits per heavy atom. The van der Waals surface area contributed by atoms with Gasteiger partial charge in [0.1, 0.15) is 0 Å². The number of carboxylic acid groups (broad SMARTS) is 3. The Bertz CT molecular complexity index is 218. The van der Waals surface area contributed by atoms with Crippen LogP contribution in [0.4, 0.5) is 0 Å². The summed E-state index contributed by atoms with van der Waals surface area (Å²) in [6.45, 7) is 8.18. The molecule has 0 amide bonds. The van der Waals surface area contributed by atoms with Gasteiger partial charge < -0.3 is 29.7 Å². The van der Waals surface area contributed by atoms with E-state index >= 15 is 0 Å². The third-order valence-corrected chi connectivity index (χ3v) is 1.96. The molecule has 0 N–H and O–H groups in total. The molecule has 0 aromatic rings. The van der Waals surface area contributed by atoms with Gasteiger partial charge in [-0.3, -0.25) is 0 Å².